The fraction of sp³-hybridized carbons (Fsp3) is 0.381. The summed E-state index contributed by atoms with van der Waals surface area (Å²) in [6, 6.07) is 9.68. The maximum absolute atomic E-state index is 12.7. The third-order valence-corrected chi connectivity index (χ3v) is 5.84. The molecule has 2 aromatic heterocycles. The maximum atomic E-state index is 12.7. The first-order chi connectivity index (χ1) is 14.6. The van der Waals surface area contributed by atoms with Gasteiger partial charge < -0.3 is 20.1 Å². The van der Waals surface area contributed by atoms with Crippen molar-refractivity contribution < 1.29 is 14.3 Å². The van der Waals surface area contributed by atoms with Crippen molar-refractivity contribution in [3.05, 3.63) is 58.2 Å². The molecule has 3 heterocycles. The number of halogens is 1. The molecule has 9 heteroatoms. The number of nitrogens with two attached hydrogens (primary N) is 1. The SMILES string of the molecule is COCc1cnc(N)c2c(Br)nc([C@@H]3CCCN(C(=O)OCc4ccccc4)C3)n12. The molecule has 4 rings (SSSR count). The number of likely N-dealkylation sites (tertiary alicyclic amines) is 1. The molecule has 1 fully saturated rings. The predicted octanol–water partition coefficient (Wildman–Crippen LogP) is 3.74. The molecule has 30 heavy (non-hydrogen) atoms. The number of rotatable bonds is 5. The van der Waals surface area contributed by atoms with Crippen LogP contribution >= 0.6 is 15.9 Å². The largest absolute Gasteiger partial charge is 0.445 e. The van der Waals surface area contributed by atoms with E-state index in [1.807, 2.05) is 34.7 Å². The molecule has 8 nitrogen and oxygen atoms in total. The van der Waals surface area contributed by atoms with Crippen molar-refractivity contribution in [1.29, 1.82) is 0 Å². The van der Waals surface area contributed by atoms with Crippen molar-refractivity contribution in [3.8, 4) is 0 Å². The Morgan fingerprint density at radius 3 is 2.87 bits per heavy atom. The lowest BCUT2D eigenvalue weighted by molar-refractivity contribution is 0.0852. The van der Waals surface area contributed by atoms with Gasteiger partial charge in [0, 0.05) is 26.1 Å². The molecule has 1 aliphatic rings. The number of methoxy groups -OCH3 is 1. The number of nitrogens with zero attached hydrogens (tertiary/aromatic N) is 4. The highest BCUT2D eigenvalue weighted by molar-refractivity contribution is 9.10. The zero-order chi connectivity index (χ0) is 21.1. The van der Waals surface area contributed by atoms with E-state index in [1.54, 1.807) is 18.2 Å². The molecule has 1 saturated heterocycles. The highest BCUT2D eigenvalue weighted by Crippen LogP contribution is 2.33. The molecule has 1 atom stereocenters. The Kier molecular flexibility index (Phi) is 6.19. The van der Waals surface area contributed by atoms with E-state index in [-0.39, 0.29) is 18.6 Å². The fourth-order valence-electron chi connectivity index (χ4n) is 3.87. The Morgan fingerprint density at radius 1 is 1.30 bits per heavy atom. The lowest BCUT2D eigenvalue weighted by Gasteiger charge is -2.31. The molecule has 2 N–H and O–H groups in total. The minimum Gasteiger partial charge on any atom is -0.445 e. The number of carbonyl (C=O) groups is 1. The van der Waals surface area contributed by atoms with E-state index >= 15 is 0 Å². The van der Waals surface area contributed by atoms with Gasteiger partial charge in [-0.3, -0.25) is 4.40 Å². The Labute approximate surface area is 183 Å². The van der Waals surface area contributed by atoms with Gasteiger partial charge in [0.25, 0.3) is 0 Å². The molecular weight excluding hydrogens is 450 g/mol. The van der Waals surface area contributed by atoms with Crippen molar-refractivity contribution in [2.24, 2.45) is 0 Å². The molecule has 0 spiro atoms. The summed E-state index contributed by atoms with van der Waals surface area (Å²) >= 11 is 3.52. The molecule has 0 radical (unpaired) electrons. The van der Waals surface area contributed by atoms with Gasteiger partial charge in [-0.2, -0.15) is 0 Å². The van der Waals surface area contributed by atoms with Gasteiger partial charge in [-0.15, -0.1) is 0 Å². The Balaban J connectivity index is 1.55. The summed E-state index contributed by atoms with van der Waals surface area (Å²) in [5, 5.41) is 0. The number of benzene rings is 1. The van der Waals surface area contributed by atoms with Crippen LogP contribution in [0.3, 0.4) is 0 Å². The highest BCUT2D eigenvalue weighted by atomic mass is 79.9. The topological polar surface area (TPSA) is 95.0 Å². The van der Waals surface area contributed by atoms with Crippen molar-refractivity contribution in [1.82, 2.24) is 19.3 Å². The van der Waals surface area contributed by atoms with Crippen molar-refractivity contribution >= 4 is 33.4 Å². The van der Waals surface area contributed by atoms with Crippen LogP contribution in [-0.4, -0.2) is 45.6 Å². The minimum atomic E-state index is -0.304. The van der Waals surface area contributed by atoms with Gasteiger partial charge in [0.1, 0.15) is 22.6 Å². The number of nitrogen functional groups attached to an aromatic ring is 1. The summed E-state index contributed by atoms with van der Waals surface area (Å²) < 4.78 is 13.5. The number of hydrogen-bond acceptors (Lipinski definition) is 6. The lowest BCUT2D eigenvalue weighted by atomic mass is 9.97. The van der Waals surface area contributed by atoms with E-state index in [9.17, 15) is 4.79 Å². The smallest absolute Gasteiger partial charge is 0.410 e. The molecule has 0 unspecified atom stereocenters. The summed E-state index contributed by atoms with van der Waals surface area (Å²) in [7, 11) is 1.64. The Bertz CT molecular complexity index is 1040. The van der Waals surface area contributed by atoms with Gasteiger partial charge in [0.05, 0.1) is 18.5 Å². The Hall–Kier alpha value is -2.65. The Morgan fingerprint density at radius 2 is 2.10 bits per heavy atom. The summed E-state index contributed by atoms with van der Waals surface area (Å²) in [4.78, 5) is 23.4. The molecule has 3 aromatic rings. The van der Waals surface area contributed by atoms with Crippen LogP contribution in [0.5, 0.6) is 0 Å². The van der Waals surface area contributed by atoms with E-state index < -0.39 is 0 Å². The number of hydrogen-bond donors (Lipinski definition) is 1. The van der Waals surface area contributed by atoms with Crippen LogP contribution in [0.2, 0.25) is 0 Å². The average Bonchev–Trinajstić information content (AvgIpc) is 3.13. The molecule has 0 bridgehead atoms. The zero-order valence-corrected chi connectivity index (χ0v) is 18.3. The molecule has 1 aliphatic heterocycles. The van der Waals surface area contributed by atoms with Crippen LogP contribution < -0.4 is 5.73 Å². The van der Waals surface area contributed by atoms with Gasteiger partial charge in [0.2, 0.25) is 0 Å². The number of imidazole rings is 1. The van der Waals surface area contributed by atoms with Crippen LogP contribution in [0.1, 0.15) is 35.8 Å². The average molecular weight is 474 g/mol. The first kappa shape index (κ1) is 20.6. The van der Waals surface area contributed by atoms with Gasteiger partial charge >= 0.3 is 6.09 Å². The normalized spacial score (nSPS) is 16.7. The number of aromatic nitrogens is 3. The molecule has 158 valence electrons. The molecule has 0 aliphatic carbocycles. The second-order valence-corrected chi connectivity index (χ2v) is 8.09. The van der Waals surface area contributed by atoms with E-state index in [4.69, 9.17) is 20.2 Å². The van der Waals surface area contributed by atoms with Crippen LogP contribution in [0.15, 0.2) is 41.1 Å². The number of ether oxygens (including phenoxy) is 2. The van der Waals surface area contributed by atoms with Crippen LogP contribution in [0, 0.1) is 0 Å². The van der Waals surface area contributed by atoms with Gasteiger partial charge in [-0.05, 0) is 34.3 Å². The van der Waals surface area contributed by atoms with Crippen molar-refractivity contribution in [2.45, 2.75) is 32.0 Å². The summed E-state index contributed by atoms with van der Waals surface area (Å²) in [6.45, 7) is 1.85. The third-order valence-electron chi connectivity index (χ3n) is 5.29. The zero-order valence-electron chi connectivity index (χ0n) is 16.8. The highest BCUT2D eigenvalue weighted by Gasteiger charge is 2.30. The molecule has 1 aromatic carbocycles. The predicted molar refractivity (Wildman–Crippen MR) is 116 cm³/mol. The van der Waals surface area contributed by atoms with E-state index in [1.165, 1.54) is 0 Å². The second kappa shape index (κ2) is 9.01. The molecule has 0 saturated carbocycles. The lowest BCUT2D eigenvalue weighted by Crippen LogP contribution is -2.40. The number of anilines is 1. The molecule has 1 amide bonds. The number of piperidine rings is 1. The summed E-state index contributed by atoms with van der Waals surface area (Å²) in [6.07, 6.45) is 3.19. The molecular formula is C21H24BrN5O3. The summed E-state index contributed by atoms with van der Waals surface area (Å²) in [5.74, 6) is 1.30. The minimum absolute atomic E-state index is 0.0548. The second-order valence-electron chi connectivity index (χ2n) is 7.34. The maximum Gasteiger partial charge on any atom is 0.410 e. The monoisotopic (exact) mass is 473 g/mol. The first-order valence-electron chi connectivity index (χ1n) is 9.84. The number of carbonyl (C=O) groups excluding carboxylic acids is 1. The van der Waals surface area contributed by atoms with E-state index in [0.29, 0.717) is 30.1 Å². The van der Waals surface area contributed by atoms with E-state index in [0.717, 1.165) is 35.4 Å². The standard InChI is InChI=1S/C21H24BrN5O3/c1-29-13-16-10-24-19(23)17-18(22)25-20(27(16)17)15-8-5-9-26(11-15)21(28)30-12-14-6-3-2-4-7-14/h2-4,6-7,10,15H,5,8-9,11-13H2,1H3,(H2,23,24)/t15-/m1/s1. The van der Waals surface area contributed by atoms with E-state index in [2.05, 4.69) is 20.9 Å². The third kappa shape index (κ3) is 4.13. The van der Waals surface area contributed by atoms with Gasteiger partial charge in [0.15, 0.2) is 5.82 Å². The number of amides is 1. The van der Waals surface area contributed by atoms with Crippen molar-refractivity contribution in [3.63, 3.8) is 0 Å². The fourth-order valence-corrected chi connectivity index (χ4v) is 4.43. The number of fused-ring (bicyclic) bond motifs is 1. The quantitative estimate of drug-likeness (QED) is 0.606. The van der Waals surface area contributed by atoms with Crippen LogP contribution in [0.4, 0.5) is 10.6 Å². The summed E-state index contributed by atoms with van der Waals surface area (Å²) in [5.41, 5.74) is 8.66. The first-order valence-corrected chi connectivity index (χ1v) is 10.6. The van der Waals surface area contributed by atoms with Crippen LogP contribution in [0.25, 0.3) is 5.52 Å². The van der Waals surface area contributed by atoms with Crippen molar-refractivity contribution in [2.75, 3.05) is 25.9 Å². The van der Waals surface area contributed by atoms with Gasteiger partial charge in [-0.25, -0.2) is 14.8 Å². The van der Waals surface area contributed by atoms with Gasteiger partial charge in [-0.1, -0.05) is 30.3 Å². The van der Waals surface area contributed by atoms with Crippen LogP contribution in [-0.2, 0) is 22.7 Å².